The number of fused-ring (bicyclic) bond motifs is 1. The van der Waals surface area contributed by atoms with E-state index in [1.807, 2.05) is 0 Å². The van der Waals surface area contributed by atoms with Gasteiger partial charge in [-0.15, -0.1) is 0 Å². The summed E-state index contributed by atoms with van der Waals surface area (Å²) in [7, 11) is 0. The number of nitrogens with zero attached hydrogens (tertiary/aromatic N) is 1. The summed E-state index contributed by atoms with van der Waals surface area (Å²) >= 11 is 0. The molecule has 1 aliphatic carbocycles. The van der Waals surface area contributed by atoms with Gasteiger partial charge in [0.15, 0.2) is 0 Å². The lowest BCUT2D eigenvalue weighted by molar-refractivity contribution is -0.127. The van der Waals surface area contributed by atoms with Gasteiger partial charge in [0.25, 0.3) is 0 Å². The Bertz CT molecular complexity index is 622. The Morgan fingerprint density at radius 1 is 1.12 bits per heavy atom. The fourth-order valence-corrected chi connectivity index (χ4v) is 4.88. The number of hydrogen-bond donors (Lipinski definition) is 2. The van der Waals surface area contributed by atoms with Gasteiger partial charge in [0.05, 0.1) is 6.04 Å². The van der Waals surface area contributed by atoms with Crippen molar-refractivity contribution in [3.05, 3.63) is 29.3 Å². The zero-order valence-electron chi connectivity index (χ0n) is 14.5. The van der Waals surface area contributed by atoms with E-state index in [4.69, 9.17) is 0 Å². The van der Waals surface area contributed by atoms with Crippen molar-refractivity contribution in [3.8, 4) is 0 Å². The van der Waals surface area contributed by atoms with Crippen molar-refractivity contribution in [2.75, 3.05) is 11.4 Å². The minimum Gasteiger partial charge on any atom is -0.372 e. The summed E-state index contributed by atoms with van der Waals surface area (Å²) in [5, 5.41) is 13.0. The molecular formula is C20H28N2O2. The van der Waals surface area contributed by atoms with Gasteiger partial charge in [-0.1, -0.05) is 31.9 Å². The molecule has 2 atom stereocenters. The molecule has 1 amide bonds. The molecule has 3 aliphatic rings. The Labute approximate surface area is 144 Å². The number of aliphatic hydroxyl groups excluding tert-OH is 1. The Balaban J connectivity index is 1.58. The maximum Gasteiger partial charge on any atom is 0.222 e. The van der Waals surface area contributed by atoms with Gasteiger partial charge in [-0.25, -0.2) is 0 Å². The van der Waals surface area contributed by atoms with Gasteiger partial charge < -0.3 is 15.3 Å². The minimum atomic E-state index is -0.753. The van der Waals surface area contributed by atoms with Crippen molar-refractivity contribution in [3.63, 3.8) is 0 Å². The van der Waals surface area contributed by atoms with Crippen molar-refractivity contribution in [2.45, 2.75) is 70.1 Å². The molecule has 1 aromatic carbocycles. The van der Waals surface area contributed by atoms with Crippen molar-refractivity contribution in [1.29, 1.82) is 0 Å². The van der Waals surface area contributed by atoms with E-state index in [1.54, 1.807) is 0 Å². The third kappa shape index (κ3) is 2.81. The monoisotopic (exact) mass is 328 g/mol. The maximum atomic E-state index is 11.5. The topological polar surface area (TPSA) is 52.6 Å². The molecule has 2 unspecified atom stereocenters. The Morgan fingerprint density at radius 2 is 1.92 bits per heavy atom. The fourth-order valence-electron chi connectivity index (χ4n) is 4.88. The molecule has 24 heavy (non-hydrogen) atoms. The standard InChI is InChI=1S/C20H28N2O2/c1-13-5-7-14(8-6-13)15-3-2-4-17-16(15)11-12-22(17)18-9-10-19(23)21-20(18)24/h2-4,13-14,18,20,24H,5-12H2,1H3,(H,21,23). The molecule has 1 aromatic rings. The summed E-state index contributed by atoms with van der Waals surface area (Å²) in [6.45, 7) is 3.32. The van der Waals surface area contributed by atoms with Gasteiger partial charge in [-0.2, -0.15) is 0 Å². The second kappa shape index (κ2) is 6.40. The Hall–Kier alpha value is -1.55. The van der Waals surface area contributed by atoms with E-state index in [1.165, 1.54) is 42.5 Å². The molecule has 2 aliphatic heterocycles. The molecule has 130 valence electrons. The highest BCUT2D eigenvalue weighted by Crippen LogP contribution is 2.42. The SMILES string of the molecule is CC1CCC(c2cccc3c2CCN3C2CCC(=O)NC2O)CC1. The molecule has 2 fully saturated rings. The summed E-state index contributed by atoms with van der Waals surface area (Å²) in [5.41, 5.74) is 4.31. The Morgan fingerprint density at radius 3 is 2.67 bits per heavy atom. The number of amides is 1. The highest BCUT2D eigenvalue weighted by atomic mass is 16.3. The van der Waals surface area contributed by atoms with Gasteiger partial charge in [0.1, 0.15) is 6.23 Å². The molecule has 4 rings (SSSR count). The number of hydrogen-bond acceptors (Lipinski definition) is 3. The first kappa shape index (κ1) is 15.9. The molecule has 1 saturated carbocycles. The summed E-state index contributed by atoms with van der Waals surface area (Å²) in [6, 6.07) is 6.70. The highest BCUT2D eigenvalue weighted by molar-refractivity contribution is 5.77. The highest BCUT2D eigenvalue weighted by Gasteiger charge is 2.36. The number of nitrogens with one attached hydrogen (secondary N) is 1. The molecule has 0 radical (unpaired) electrons. The van der Waals surface area contributed by atoms with E-state index >= 15 is 0 Å². The van der Waals surface area contributed by atoms with Crippen molar-refractivity contribution in [2.24, 2.45) is 5.92 Å². The average Bonchev–Trinajstić information content (AvgIpc) is 3.00. The lowest BCUT2D eigenvalue weighted by Crippen LogP contribution is -2.55. The summed E-state index contributed by atoms with van der Waals surface area (Å²) in [4.78, 5) is 13.8. The van der Waals surface area contributed by atoms with Crippen LogP contribution in [0.25, 0.3) is 0 Å². The molecule has 4 heteroatoms. The van der Waals surface area contributed by atoms with E-state index in [0.717, 1.165) is 25.3 Å². The first-order chi connectivity index (χ1) is 11.6. The van der Waals surface area contributed by atoms with Crippen molar-refractivity contribution < 1.29 is 9.90 Å². The van der Waals surface area contributed by atoms with Crippen LogP contribution in [0.15, 0.2) is 18.2 Å². The number of aliphatic hydroxyl groups is 1. The van der Waals surface area contributed by atoms with Crippen LogP contribution in [0.4, 0.5) is 5.69 Å². The number of rotatable bonds is 2. The first-order valence-electron chi connectivity index (χ1n) is 9.49. The van der Waals surface area contributed by atoms with Gasteiger partial charge in [0, 0.05) is 18.7 Å². The minimum absolute atomic E-state index is 0.00516. The zero-order valence-corrected chi connectivity index (χ0v) is 14.5. The van der Waals surface area contributed by atoms with E-state index < -0.39 is 6.23 Å². The summed E-state index contributed by atoms with van der Waals surface area (Å²) in [6.07, 6.45) is 6.84. The molecule has 4 nitrogen and oxygen atoms in total. The number of anilines is 1. The molecule has 0 spiro atoms. The first-order valence-corrected chi connectivity index (χ1v) is 9.49. The summed E-state index contributed by atoms with van der Waals surface area (Å²) < 4.78 is 0. The van der Waals surface area contributed by atoms with Crippen LogP contribution in [0.2, 0.25) is 0 Å². The number of piperidine rings is 1. The van der Waals surface area contributed by atoms with Crippen LogP contribution in [0.3, 0.4) is 0 Å². The molecule has 1 saturated heterocycles. The fraction of sp³-hybridized carbons (Fsp3) is 0.650. The van der Waals surface area contributed by atoms with Crippen LogP contribution in [-0.2, 0) is 11.2 Å². The molecule has 0 bridgehead atoms. The zero-order chi connectivity index (χ0) is 16.7. The molecule has 2 N–H and O–H groups in total. The van der Waals surface area contributed by atoms with E-state index in [9.17, 15) is 9.90 Å². The quantitative estimate of drug-likeness (QED) is 0.878. The lowest BCUT2D eigenvalue weighted by atomic mass is 9.78. The normalized spacial score (nSPS) is 33.2. The number of benzene rings is 1. The van der Waals surface area contributed by atoms with Crippen LogP contribution in [0.1, 0.15) is 62.5 Å². The van der Waals surface area contributed by atoms with Crippen molar-refractivity contribution in [1.82, 2.24) is 5.32 Å². The molecule has 0 aromatic heterocycles. The molecular weight excluding hydrogens is 300 g/mol. The van der Waals surface area contributed by atoms with Gasteiger partial charge in [-0.05, 0) is 54.7 Å². The lowest BCUT2D eigenvalue weighted by Gasteiger charge is -2.37. The van der Waals surface area contributed by atoms with Gasteiger partial charge in [-0.3, -0.25) is 4.79 Å². The third-order valence-corrected chi connectivity index (χ3v) is 6.30. The Kier molecular flexibility index (Phi) is 4.25. The van der Waals surface area contributed by atoms with Gasteiger partial charge >= 0.3 is 0 Å². The largest absolute Gasteiger partial charge is 0.372 e. The summed E-state index contributed by atoms with van der Waals surface area (Å²) in [5.74, 6) is 1.53. The smallest absolute Gasteiger partial charge is 0.222 e. The average molecular weight is 328 g/mol. The van der Waals surface area contributed by atoms with Crippen LogP contribution in [0.5, 0.6) is 0 Å². The predicted molar refractivity (Wildman–Crippen MR) is 95.0 cm³/mol. The second-order valence-corrected chi connectivity index (χ2v) is 7.86. The van der Waals surface area contributed by atoms with Crippen molar-refractivity contribution >= 4 is 11.6 Å². The van der Waals surface area contributed by atoms with Crippen LogP contribution >= 0.6 is 0 Å². The molecule has 2 heterocycles. The second-order valence-electron chi connectivity index (χ2n) is 7.86. The maximum absolute atomic E-state index is 11.5. The van der Waals surface area contributed by atoms with E-state index in [2.05, 4.69) is 35.3 Å². The van der Waals surface area contributed by atoms with Crippen LogP contribution < -0.4 is 10.2 Å². The third-order valence-electron chi connectivity index (χ3n) is 6.30. The van der Waals surface area contributed by atoms with E-state index in [-0.39, 0.29) is 11.9 Å². The van der Waals surface area contributed by atoms with E-state index in [0.29, 0.717) is 12.3 Å². The van der Waals surface area contributed by atoms with Crippen LogP contribution in [-0.4, -0.2) is 29.8 Å². The van der Waals surface area contributed by atoms with Crippen LogP contribution in [0, 0.1) is 5.92 Å². The van der Waals surface area contributed by atoms with Gasteiger partial charge in [0.2, 0.25) is 5.91 Å². The number of carbonyl (C=O) groups excluding carboxylic acids is 1. The predicted octanol–water partition coefficient (Wildman–Crippen LogP) is 2.94. The number of carbonyl (C=O) groups is 1.